The molecule has 0 unspecified atom stereocenters. The predicted octanol–water partition coefficient (Wildman–Crippen LogP) is 6.00. The van der Waals surface area contributed by atoms with Crippen molar-refractivity contribution in [1.82, 2.24) is 14.9 Å². The molecule has 0 atom stereocenters. The van der Waals surface area contributed by atoms with Gasteiger partial charge in [0.15, 0.2) is 0 Å². The van der Waals surface area contributed by atoms with Gasteiger partial charge in [0.05, 0.1) is 12.3 Å². The van der Waals surface area contributed by atoms with E-state index in [9.17, 15) is 13.2 Å². The molecule has 1 aliphatic rings. The summed E-state index contributed by atoms with van der Waals surface area (Å²) >= 11 is 0. The topological polar surface area (TPSA) is 77.6 Å². The second kappa shape index (κ2) is 13.1. The van der Waals surface area contributed by atoms with E-state index < -0.39 is 11.7 Å². The Labute approximate surface area is 234 Å². The van der Waals surface area contributed by atoms with Crippen LogP contribution < -0.4 is 25.6 Å². The van der Waals surface area contributed by atoms with Gasteiger partial charge in [-0.3, -0.25) is 0 Å². The number of piperazine rings is 1. The lowest BCUT2D eigenvalue weighted by molar-refractivity contribution is -0.137. The number of benzene rings is 2. The first-order valence-electron chi connectivity index (χ1n) is 13.7. The Morgan fingerprint density at radius 1 is 1.00 bits per heavy atom. The molecule has 0 saturated carbocycles. The summed E-state index contributed by atoms with van der Waals surface area (Å²) in [5.74, 6) is 0.345. The molecule has 8 nitrogen and oxygen atoms in total. The van der Waals surface area contributed by atoms with Crippen LogP contribution in [0, 0.1) is 0 Å². The van der Waals surface area contributed by atoms with Gasteiger partial charge < -0.3 is 30.5 Å². The first kappa shape index (κ1) is 29.3. The normalized spacial score (nSPS) is 14.2. The Balaban J connectivity index is 1.58. The van der Waals surface area contributed by atoms with Gasteiger partial charge in [0.1, 0.15) is 17.1 Å². The van der Waals surface area contributed by atoms with E-state index >= 15 is 0 Å². The standard InChI is InChI=1S/C29H38F3N7O/c1-5-22-20(9-8-10-24(22)33-4)18-34-27-23(29(30,31)32)19-35-28(37-27)36-25-12-11-21(17-26(25)40-7-3)39-15-13-38(6-2)14-16-39/h8-12,17,19,33H,5-7,13-16,18H2,1-4H3,(H2,34,35,36,37). The van der Waals surface area contributed by atoms with Crippen molar-refractivity contribution < 1.29 is 17.9 Å². The van der Waals surface area contributed by atoms with E-state index in [2.05, 4.69) is 42.6 Å². The molecule has 2 aromatic carbocycles. The van der Waals surface area contributed by atoms with Crippen LogP contribution in [0.25, 0.3) is 0 Å². The zero-order valence-corrected chi connectivity index (χ0v) is 23.5. The van der Waals surface area contributed by atoms with Crippen molar-refractivity contribution in [1.29, 1.82) is 0 Å². The molecule has 40 heavy (non-hydrogen) atoms. The van der Waals surface area contributed by atoms with Crippen LogP contribution in [0.15, 0.2) is 42.6 Å². The Kier molecular flexibility index (Phi) is 9.57. The molecule has 3 N–H and O–H groups in total. The quantitative estimate of drug-likeness (QED) is 0.265. The average molecular weight is 558 g/mol. The highest BCUT2D eigenvalue weighted by Crippen LogP contribution is 2.36. The van der Waals surface area contributed by atoms with Crippen LogP contribution in [0.3, 0.4) is 0 Å². The minimum Gasteiger partial charge on any atom is -0.492 e. The van der Waals surface area contributed by atoms with Gasteiger partial charge in [0.25, 0.3) is 0 Å². The first-order chi connectivity index (χ1) is 19.3. The van der Waals surface area contributed by atoms with Crippen LogP contribution in [-0.4, -0.2) is 61.2 Å². The molecule has 1 aromatic heterocycles. The molecule has 0 amide bonds. The third-order valence-electron chi connectivity index (χ3n) is 7.13. The number of rotatable bonds is 11. The molecular weight excluding hydrogens is 519 g/mol. The van der Waals surface area contributed by atoms with Crippen molar-refractivity contribution in [3.63, 3.8) is 0 Å². The molecule has 1 aliphatic heterocycles. The minimum atomic E-state index is -4.61. The molecule has 4 rings (SSSR count). The maximum atomic E-state index is 13.9. The number of ether oxygens (including phenoxy) is 1. The van der Waals surface area contributed by atoms with Gasteiger partial charge >= 0.3 is 6.18 Å². The van der Waals surface area contributed by atoms with Crippen molar-refractivity contribution in [3.8, 4) is 5.75 Å². The Morgan fingerprint density at radius 3 is 2.42 bits per heavy atom. The molecule has 11 heteroatoms. The number of aromatic nitrogens is 2. The summed E-state index contributed by atoms with van der Waals surface area (Å²) in [6, 6.07) is 11.5. The second-order valence-electron chi connectivity index (χ2n) is 9.51. The number of halogens is 3. The van der Waals surface area contributed by atoms with Gasteiger partial charge in [0, 0.05) is 63.4 Å². The maximum absolute atomic E-state index is 13.9. The predicted molar refractivity (Wildman–Crippen MR) is 155 cm³/mol. The Hall–Kier alpha value is -3.73. The summed E-state index contributed by atoms with van der Waals surface area (Å²) in [5.41, 5.74) is 3.57. The highest BCUT2D eigenvalue weighted by atomic mass is 19.4. The van der Waals surface area contributed by atoms with Crippen LogP contribution in [0.1, 0.15) is 37.5 Å². The lowest BCUT2D eigenvalue weighted by atomic mass is 10.0. The van der Waals surface area contributed by atoms with Gasteiger partial charge in [-0.2, -0.15) is 18.2 Å². The summed E-state index contributed by atoms with van der Waals surface area (Å²) in [6.45, 7) is 11.5. The van der Waals surface area contributed by atoms with Gasteiger partial charge in [-0.25, -0.2) is 4.98 Å². The maximum Gasteiger partial charge on any atom is 0.421 e. The van der Waals surface area contributed by atoms with E-state index in [4.69, 9.17) is 4.74 Å². The number of nitrogens with zero attached hydrogens (tertiary/aromatic N) is 4. The van der Waals surface area contributed by atoms with Gasteiger partial charge in [-0.15, -0.1) is 0 Å². The first-order valence-corrected chi connectivity index (χ1v) is 13.7. The zero-order chi connectivity index (χ0) is 28.7. The fourth-order valence-corrected chi connectivity index (χ4v) is 4.94. The molecule has 0 bridgehead atoms. The molecule has 3 aromatic rings. The van der Waals surface area contributed by atoms with Gasteiger partial charge in [-0.1, -0.05) is 26.0 Å². The average Bonchev–Trinajstić information content (AvgIpc) is 2.96. The van der Waals surface area contributed by atoms with E-state index in [1.54, 1.807) is 0 Å². The lowest BCUT2D eigenvalue weighted by Gasteiger charge is -2.35. The highest BCUT2D eigenvalue weighted by Gasteiger charge is 2.35. The van der Waals surface area contributed by atoms with E-state index in [1.807, 2.05) is 57.3 Å². The van der Waals surface area contributed by atoms with Crippen LogP contribution in [0.4, 0.5) is 42.0 Å². The fraction of sp³-hybridized carbons (Fsp3) is 0.448. The number of hydrogen-bond acceptors (Lipinski definition) is 8. The Morgan fingerprint density at radius 2 is 1.77 bits per heavy atom. The SMILES string of the molecule is CCOc1cc(N2CCN(CC)CC2)ccc1Nc1ncc(C(F)(F)F)c(NCc2cccc(NC)c2CC)n1. The van der Waals surface area contributed by atoms with E-state index in [0.717, 1.165) is 67.8 Å². The molecule has 0 spiro atoms. The monoisotopic (exact) mass is 557 g/mol. The fourth-order valence-electron chi connectivity index (χ4n) is 4.94. The number of anilines is 5. The number of likely N-dealkylation sites (N-methyl/N-ethyl adjacent to an activating group) is 1. The summed E-state index contributed by atoms with van der Waals surface area (Å²) in [5, 5.41) is 9.12. The van der Waals surface area contributed by atoms with Crippen molar-refractivity contribution in [3.05, 3.63) is 59.3 Å². The third-order valence-corrected chi connectivity index (χ3v) is 7.13. The molecule has 1 fully saturated rings. The zero-order valence-electron chi connectivity index (χ0n) is 23.5. The summed E-state index contributed by atoms with van der Waals surface area (Å²) in [7, 11) is 1.82. The van der Waals surface area contributed by atoms with Gasteiger partial charge in [0.2, 0.25) is 5.95 Å². The van der Waals surface area contributed by atoms with Crippen molar-refractivity contribution in [2.45, 2.75) is 39.9 Å². The van der Waals surface area contributed by atoms with Crippen LogP contribution >= 0.6 is 0 Å². The summed E-state index contributed by atoms with van der Waals surface area (Å²) < 4.78 is 47.4. The van der Waals surface area contributed by atoms with E-state index in [-0.39, 0.29) is 18.3 Å². The number of hydrogen-bond donors (Lipinski definition) is 3. The summed E-state index contributed by atoms with van der Waals surface area (Å²) in [6.07, 6.45) is -3.06. The van der Waals surface area contributed by atoms with Crippen molar-refractivity contribution >= 4 is 28.8 Å². The van der Waals surface area contributed by atoms with Crippen LogP contribution in [0.2, 0.25) is 0 Å². The summed E-state index contributed by atoms with van der Waals surface area (Å²) in [4.78, 5) is 12.9. The van der Waals surface area contributed by atoms with E-state index in [1.165, 1.54) is 0 Å². The molecule has 1 saturated heterocycles. The van der Waals surface area contributed by atoms with E-state index in [0.29, 0.717) is 18.0 Å². The lowest BCUT2D eigenvalue weighted by Crippen LogP contribution is -2.46. The Bertz CT molecular complexity index is 1280. The smallest absolute Gasteiger partial charge is 0.421 e. The largest absolute Gasteiger partial charge is 0.492 e. The minimum absolute atomic E-state index is 0.0421. The molecular formula is C29H38F3N7O. The molecule has 216 valence electrons. The molecule has 0 radical (unpaired) electrons. The number of nitrogens with one attached hydrogen (secondary N) is 3. The van der Waals surface area contributed by atoms with Crippen molar-refractivity contribution in [2.24, 2.45) is 0 Å². The van der Waals surface area contributed by atoms with Crippen molar-refractivity contribution in [2.75, 3.05) is 67.2 Å². The molecule has 0 aliphatic carbocycles. The molecule has 2 heterocycles. The third kappa shape index (κ3) is 6.88. The second-order valence-corrected chi connectivity index (χ2v) is 9.51. The van der Waals surface area contributed by atoms with Crippen LogP contribution in [0.5, 0.6) is 5.75 Å². The highest BCUT2D eigenvalue weighted by molar-refractivity contribution is 5.69. The van der Waals surface area contributed by atoms with Crippen LogP contribution in [-0.2, 0) is 19.1 Å². The number of alkyl halides is 3. The van der Waals surface area contributed by atoms with Gasteiger partial charge in [-0.05, 0) is 49.2 Å².